The molecule has 0 spiro atoms. The van der Waals surface area contributed by atoms with Crippen LogP contribution in [0, 0.1) is 11.8 Å². The summed E-state index contributed by atoms with van der Waals surface area (Å²) >= 11 is 0. The first-order chi connectivity index (χ1) is 6.17. The molecule has 0 aromatic carbocycles. The molecule has 2 nitrogen and oxygen atoms in total. The Morgan fingerprint density at radius 1 is 1.38 bits per heavy atom. The normalized spacial score (nSPS) is 18.5. The summed E-state index contributed by atoms with van der Waals surface area (Å²) in [4.78, 5) is 10.6. The standard InChI is InChI=1S/C11H20O2/c1-5-6-7-9(2)11(13-4)10(3)8-12/h5-6,8-11H,7H2,1-4H3/b6-5+/t9-,10-,11+/m0/s1. The first-order valence-electron chi connectivity index (χ1n) is 4.76. The van der Waals surface area contributed by atoms with Crippen LogP contribution < -0.4 is 0 Å². The minimum Gasteiger partial charge on any atom is -0.380 e. The molecule has 0 fully saturated rings. The summed E-state index contributed by atoms with van der Waals surface area (Å²) in [6.07, 6.45) is 6.09. The van der Waals surface area contributed by atoms with Gasteiger partial charge in [0.15, 0.2) is 0 Å². The van der Waals surface area contributed by atoms with E-state index in [-0.39, 0.29) is 12.0 Å². The molecule has 0 saturated heterocycles. The summed E-state index contributed by atoms with van der Waals surface area (Å²) in [6.45, 7) is 6.00. The Morgan fingerprint density at radius 3 is 2.38 bits per heavy atom. The molecule has 76 valence electrons. The summed E-state index contributed by atoms with van der Waals surface area (Å²) in [6, 6.07) is 0. The number of hydrogen-bond donors (Lipinski definition) is 0. The fourth-order valence-corrected chi connectivity index (χ4v) is 1.53. The molecule has 0 unspecified atom stereocenters. The number of ether oxygens (including phenoxy) is 1. The van der Waals surface area contributed by atoms with Crippen molar-refractivity contribution in [3.63, 3.8) is 0 Å². The zero-order valence-corrected chi connectivity index (χ0v) is 8.99. The number of rotatable bonds is 6. The predicted octanol–water partition coefficient (Wildman–Crippen LogP) is 2.44. The molecule has 0 amide bonds. The fourth-order valence-electron chi connectivity index (χ4n) is 1.53. The Kier molecular flexibility index (Phi) is 6.51. The molecule has 0 aliphatic heterocycles. The first-order valence-corrected chi connectivity index (χ1v) is 4.76. The van der Waals surface area contributed by atoms with Gasteiger partial charge < -0.3 is 9.53 Å². The molecule has 0 aromatic rings. The average Bonchev–Trinajstić information content (AvgIpc) is 2.15. The van der Waals surface area contributed by atoms with Crippen molar-refractivity contribution in [1.82, 2.24) is 0 Å². The molecule has 0 radical (unpaired) electrons. The van der Waals surface area contributed by atoms with Gasteiger partial charge in [0, 0.05) is 13.0 Å². The van der Waals surface area contributed by atoms with Gasteiger partial charge in [0.2, 0.25) is 0 Å². The summed E-state index contributed by atoms with van der Waals surface area (Å²) in [5.74, 6) is 0.367. The highest BCUT2D eigenvalue weighted by Gasteiger charge is 2.21. The van der Waals surface area contributed by atoms with E-state index < -0.39 is 0 Å². The van der Waals surface area contributed by atoms with E-state index in [1.165, 1.54) is 0 Å². The van der Waals surface area contributed by atoms with Gasteiger partial charge in [-0.25, -0.2) is 0 Å². The lowest BCUT2D eigenvalue weighted by molar-refractivity contribution is -0.115. The van der Waals surface area contributed by atoms with Crippen LogP contribution in [0.5, 0.6) is 0 Å². The van der Waals surface area contributed by atoms with Crippen LogP contribution in [0.1, 0.15) is 27.2 Å². The van der Waals surface area contributed by atoms with Gasteiger partial charge in [-0.3, -0.25) is 0 Å². The Hall–Kier alpha value is -0.630. The molecule has 0 bridgehead atoms. The molecule has 3 atom stereocenters. The molecular formula is C11H20O2. The quantitative estimate of drug-likeness (QED) is 0.468. The number of allylic oxidation sites excluding steroid dienone is 2. The van der Waals surface area contributed by atoms with Crippen LogP contribution in [0.15, 0.2) is 12.2 Å². The number of carbonyl (C=O) groups excluding carboxylic acids is 1. The molecule has 13 heavy (non-hydrogen) atoms. The van der Waals surface area contributed by atoms with Crippen molar-refractivity contribution < 1.29 is 9.53 Å². The van der Waals surface area contributed by atoms with Crippen LogP contribution in [0.4, 0.5) is 0 Å². The maximum atomic E-state index is 10.6. The van der Waals surface area contributed by atoms with E-state index >= 15 is 0 Å². The average molecular weight is 184 g/mol. The first kappa shape index (κ1) is 12.4. The third-order valence-corrected chi connectivity index (χ3v) is 2.31. The zero-order valence-electron chi connectivity index (χ0n) is 8.99. The lowest BCUT2D eigenvalue weighted by Crippen LogP contribution is -2.28. The minimum absolute atomic E-state index is 0.0229. The highest BCUT2D eigenvalue weighted by molar-refractivity contribution is 5.53. The van der Waals surface area contributed by atoms with Gasteiger partial charge in [-0.1, -0.05) is 26.0 Å². The van der Waals surface area contributed by atoms with Crippen LogP contribution in [0.3, 0.4) is 0 Å². The monoisotopic (exact) mass is 184 g/mol. The Bertz CT molecular complexity index is 163. The summed E-state index contributed by atoms with van der Waals surface area (Å²) in [5.41, 5.74) is 0. The van der Waals surface area contributed by atoms with Gasteiger partial charge in [0.1, 0.15) is 6.29 Å². The van der Waals surface area contributed by atoms with Gasteiger partial charge in [0.25, 0.3) is 0 Å². The van der Waals surface area contributed by atoms with E-state index in [2.05, 4.69) is 13.0 Å². The molecule has 0 N–H and O–H groups in total. The molecule has 0 heterocycles. The van der Waals surface area contributed by atoms with E-state index in [1.54, 1.807) is 7.11 Å². The maximum Gasteiger partial charge on any atom is 0.125 e. The van der Waals surface area contributed by atoms with Crippen LogP contribution in [0.2, 0.25) is 0 Å². The SMILES string of the molecule is C/C=C/C[C@H](C)[C@@H](OC)[C@@H](C)C=O. The van der Waals surface area contributed by atoms with E-state index in [0.717, 1.165) is 12.7 Å². The van der Waals surface area contributed by atoms with E-state index in [9.17, 15) is 4.79 Å². The molecule has 0 aromatic heterocycles. The highest BCUT2D eigenvalue weighted by Crippen LogP contribution is 2.18. The van der Waals surface area contributed by atoms with Crippen molar-refractivity contribution >= 4 is 6.29 Å². The molecule has 0 aliphatic carbocycles. The van der Waals surface area contributed by atoms with Crippen LogP contribution in [-0.2, 0) is 9.53 Å². The number of aldehydes is 1. The Balaban J connectivity index is 4.13. The topological polar surface area (TPSA) is 26.3 Å². The molecule has 0 rings (SSSR count). The van der Waals surface area contributed by atoms with Crippen molar-refractivity contribution in [3.8, 4) is 0 Å². The summed E-state index contributed by atoms with van der Waals surface area (Å²) in [5, 5.41) is 0. The van der Waals surface area contributed by atoms with Crippen molar-refractivity contribution in [1.29, 1.82) is 0 Å². The Morgan fingerprint density at radius 2 is 2.00 bits per heavy atom. The fraction of sp³-hybridized carbons (Fsp3) is 0.727. The van der Waals surface area contributed by atoms with Crippen molar-refractivity contribution in [2.75, 3.05) is 7.11 Å². The number of methoxy groups -OCH3 is 1. The third-order valence-electron chi connectivity index (χ3n) is 2.31. The molecule has 0 aliphatic rings. The summed E-state index contributed by atoms with van der Waals surface area (Å²) in [7, 11) is 1.66. The van der Waals surface area contributed by atoms with Gasteiger partial charge in [-0.05, 0) is 19.3 Å². The lowest BCUT2D eigenvalue weighted by atomic mass is 9.91. The molecule has 0 saturated carbocycles. The second-order valence-electron chi connectivity index (χ2n) is 3.48. The van der Waals surface area contributed by atoms with Gasteiger partial charge in [-0.15, -0.1) is 0 Å². The van der Waals surface area contributed by atoms with Crippen molar-refractivity contribution in [3.05, 3.63) is 12.2 Å². The molecular weight excluding hydrogens is 164 g/mol. The zero-order chi connectivity index (χ0) is 10.3. The Labute approximate surface area is 81.0 Å². The van der Waals surface area contributed by atoms with Gasteiger partial charge in [-0.2, -0.15) is 0 Å². The molecule has 2 heteroatoms. The van der Waals surface area contributed by atoms with E-state index in [0.29, 0.717) is 5.92 Å². The van der Waals surface area contributed by atoms with E-state index in [1.807, 2.05) is 19.9 Å². The van der Waals surface area contributed by atoms with Crippen molar-refractivity contribution in [2.24, 2.45) is 11.8 Å². The predicted molar refractivity (Wildman–Crippen MR) is 54.6 cm³/mol. The summed E-state index contributed by atoms with van der Waals surface area (Å²) < 4.78 is 5.30. The number of carbonyl (C=O) groups is 1. The third kappa shape index (κ3) is 4.23. The van der Waals surface area contributed by atoms with E-state index in [4.69, 9.17) is 4.74 Å². The largest absolute Gasteiger partial charge is 0.380 e. The van der Waals surface area contributed by atoms with Gasteiger partial charge in [0.05, 0.1) is 6.10 Å². The maximum absolute atomic E-state index is 10.6. The van der Waals surface area contributed by atoms with Crippen molar-refractivity contribution in [2.45, 2.75) is 33.3 Å². The second-order valence-corrected chi connectivity index (χ2v) is 3.48. The second kappa shape index (κ2) is 6.84. The van der Waals surface area contributed by atoms with Crippen LogP contribution in [-0.4, -0.2) is 19.5 Å². The van der Waals surface area contributed by atoms with Crippen LogP contribution >= 0.6 is 0 Å². The smallest absolute Gasteiger partial charge is 0.125 e. The highest BCUT2D eigenvalue weighted by atomic mass is 16.5. The van der Waals surface area contributed by atoms with Crippen LogP contribution in [0.25, 0.3) is 0 Å². The lowest BCUT2D eigenvalue weighted by Gasteiger charge is -2.24. The minimum atomic E-state index is -0.0229. The number of hydrogen-bond acceptors (Lipinski definition) is 2. The van der Waals surface area contributed by atoms with Gasteiger partial charge >= 0.3 is 0 Å².